The number of para-hydroxylation sites is 1. The van der Waals surface area contributed by atoms with Gasteiger partial charge in [-0.15, -0.1) is 0 Å². The van der Waals surface area contributed by atoms with Crippen molar-refractivity contribution in [3.05, 3.63) is 36.0 Å². The summed E-state index contributed by atoms with van der Waals surface area (Å²) in [5, 5.41) is 37.6. The first-order chi connectivity index (χ1) is 32.0. The van der Waals surface area contributed by atoms with E-state index in [4.69, 9.17) is 11.5 Å². The number of nitrogens with two attached hydrogens (primary N) is 2. The molecule has 2 unspecified atom stereocenters. The minimum atomic E-state index is -1.62. The maximum Gasteiger partial charge on any atom is 0.326 e. The minimum Gasteiger partial charge on any atom is -0.480 e. The second-order valence-corrected chi connectivity index (χ2v) is 20.8. The number of nitrogens with one attached hydrogen (secondary N) is 7. The van der Waals surface area contributed by atoms with Crippen LogP contribution in [0.2, 0.25) is 0 Å². The second kappa shape index (κ2) is 24.9. The summed E-state index contributed by atoms with van der Waals surface area (Å²) in [5.74, 6) is -6.68. The van der Waals surface area contributed by atoms with E-state index >= 15 is 0 Å². The number of aliphatic hydroxyl groups is 1. The fourth-order valence-corrected chi connectivity index (χ4v) is 12.2. The van der Waals surface area contributed by atoms with Crippen molar-refractivity contribution in [2.45, 2.75) is 151 Å². The smallest absolute Gasteiger partial charge is 0.326 e. The number of aromatic amines is 1. The molecular formula is C45H68N10O10S2. The number of hydrogen-bond donors (Lipinski definition) is 11. The van der Waals surface area contributed by atoms with Crippen LogP contribution in [-0.2, 0) is 44.8 Å². The van der Waals surface area contributed by atoms with Crippen molar-refractivity contribution in [1.29, 1.82) is 0 Å². The highest BCUT2D eigenvalue weighted by Gasteiger charge is 2.42. The number of benzene rings is 1. The largest absolute Gasteiger partial charge is 0.480 e. The lowest BCUT2D eigenvalue weighted by atomic mass is 9.85. The number of nitrogens with zero attached hydrogens (tertiary/aromatic N) is 1. The molecule has 1 aromatic heterocycles. The second-order valence-electron chi connectivity index (χ2n) is 17.9. The molecule has 13 N–H and O–H groups in total. The molecule has 3 heterocycles. The average Bonchev–Trinajstić information content (AvgIpc) is 3.97. The highest BCUT2D eigenvalue weighted by molar-refractivity contribution is 8.77. The Labute approximate surface area is 398 Å². The van der Waals surface area contributed by atoms with Gasteiger partial charge in [-0.05, 0) is 69.5 Å². The van der Waals surface area contributed by atoms with Gasteiger partial charge in [0, 0.05) is 53.5 Å². The van der Waals surface area contributed by atoms with E-state index in [0.717, 1.165) is 35.7 Å². The van der Waals surface area contributed by atoms with Gasteiger partial charge in [0.05, 0.1) is 6.10 Å². The molecule has 9 atom stereocenters. The van der Waals surface area contributed by atoms with E-state index in [-0.39, 0.29) is 44.5 Å². The number of H-pyrrole nitrogens is 1. The number of fused-ring (bicyclic) bond motifs is 1. The van der Waals surface area contributed by atoms with Crippen LogP contribution in [0.15, 0.2) is 30.5 Å². The Kier molecular flexibility index (Phi) is 19.7. The molecule has 0 bridgehead atoms. The van der Waals surface area contributed by atoms with Gasteiger partial charge >= 0.3 is 5.97 Å². The quantitative estimate of drug-likeness (QED) is 0.121. The van der Waals surface area contributed by atoms with Gasteiger partial charge in [0.15, 0.2) is 0 Å². The van der Waals surface area contributed by atoms with Gasteiger partial charge < -0.3 is 63.5 Å². The number of likely N-dealkylation sites (tertiary alicyclic amines) is 1. The first kappa shape index (κ1) is 53.1. The molecule has 3 aliphatic rings. The number of amides is 7. The number of carbonyl (C=O) groups excluding carboxylic acids is 7. The monoisotopic (exact) mass is 972 g/mol. The van der Waals surface area contributed by atoms with Crippen LogP contribution in [0.1, 0.15) is 97.0 Å². The van der Waals surface area contributed by atoms with Gasteiger partial charge in [-0.2, -0.15) is 0 Å². The number of aromatic nitrogens is 1. The maximum atomic E-state index is 14.6. The Balaban J connectivity index is 1.50. The van der Waals surface area contributed by atoms with Crippen molar-refractivity contribution in [2.24, 2.45) is 17.4 Å². The first-order valence-corrected chi connectivity index (χ1v) is 25.6. The molecule has 2 saturated heterocycles. The maximum absolute atomic E-state index is 14.6. The number of carboxylic acids is 1. The summed E-state index contributed by atoms with van der Waals surface area (Å²) in [6, 6.07) is -1.42. The molecule has 370 valence electrons. The van der Waals surface area contributed by atoms with E-state index < -0.39 is 113 Å². The van der Waals surface area contributed by atoms with E-state index in [1.807, 2.05) is 31.2 Å². The van der Waals surface area contributed by atoms with Gasteiger partial charge in [-0.3, -0.25) is 33.6 Å². The molecule has 2 aliphatic heterocycles. The summed E-state index contributed by atoms with van der Waals surface area (Å²) in [7, 11) is 2.68. The zero-order valence-corrected chi connectivity index (χ0v) is 40.1. The highest BCUT2D eigenvalue weighted by atomic mass is 33.1. The Morgan fingerprint density at radius 2 is 1.58 bits per heavy atom. The molecule has 1 aromatic carbocycles. The molecule has 1 saturated carbocycles. The Hall–Kier alpha value is -4.90. The number of hydrogen-bond acceptors (Lipinski definition) is 13. The summed E-state index contributed by atoms with van der Waals surface area (Å²) in [6.45, 7) is 4.75. The van der Waals surface area contributed by atoms with Gasteiger partial charge in [-0.1, -0.05) is 79.3 Å². The molecule has 0 radical (unpaired) electrons. The molecule has 1 aliphatic carbocycles. The third-order valence-corrected chi connectivity index (χ3v) is 16.3. The van der Waals surface area contributed by atoms with Crippen LogP contribution in [0.4, 0.5) is 0 Å². The van der Waals surface area contributed by atoms with Crippen LogP contribution >= 0.6 is 21.6 Å². The molecule has 3 fully saturated rings. The lowest BCUT2D eigenvalue weighted by Crippen LogP contribution is -2.63. The van der Waals surface area contributed by atoms with Crippen LogP contribution < -0.4 is 43.4 Å². The number of carboxylic acid groups (broad SMARTS) is 1. The van der Waals surface area contributed by atoms with E-state index in [9.17, 15) is 48.6 Å². The van der Waals surface area contributed by atoms with Crippen molar-refractivity contribution in [2.75, 3.05) is 25.4 Å². The summed E-state index contributed by atoms with van der Waals surface area (Å²) < 4.78 is -0.637. The standard InChI is InChI=1S/C45H68N10O10S2/c1-4-25(2)36-41(61)54-37(26(3)56)42(62)51-32(22-47)39(59)52-33(43(63)55-19-11-15-34(55)40(60)50-30(44(64)65)14-10-18-46)24-66-67-45(16-8-5-9-17-45)21-35(57)49-31(38(58)53-36)20-27-23-48-29-13-7-6-12-28(27)29/h6-7,12-13,23,25-26,30-34,36-37,48,56H,4-5,8-11,14-22,24,46-47H2,1-3H3,(H,49,57)(H,50,60)(H,51,62)(H,52,59)(H,53,58)(H,54,61)(H,64,65)/t25?,26?,30-,31+,32-,33-,34-,36-,37-/m0/s1. The third-order valence-electron chi connectivity index (χ3n) is 13.0. The van der Waals surface area contributed by atoms with Crippen molar-refractivity contribution in [3.8, 4) is 0 Å². The van der Waals surface area contributed by atoms with Crippen LogP contribution in [0, 0.1) is 5.92 Å². The number of carbonyl (C=O) groups is 8. The van der Waals surface area contributed by atoms with Crippen molar-refractivity contribution < 1.29 is 48.6 Å². The predicted octanol–water partition coefficient (Wildman–Crippen LogP) is 0.307. The fourth-order valence-electron chi connectivity index (χ4n) is 8.87. The zero-order chi connectivity index (χ0) is 48.8. The van der Waals surface area contributed by atoms with Crippen LogP contribution in [-0.4, -0.2) is 146 Å². The summed E-state index contributed by atoms with van der Waals surface area (Å²) >= 11 is 0. The molecule has 22 heteroatoms. The molecule has 1 spiro atoms. The van der Waals surface area contributed by atoms with Gasteiger partial charge in [0.1, 0.15) is 42.3 Å². The Morgan fingerprint density at radius 3 is 2.25 bits per heavy atom. The van der Waals surface area contributed by atoms with Crippen molar-refractivity contribution in [3.63, 3.8) is 0 Å². The lowest BCUT2D eigenvalue weighted by Gasteiger charge is -2.37. The predicted molar refractivity (Wildman–Crippen MR) is 255 cm³/mol. The number of aliphatic hydroxyl groups excluding tert-OH is 1. The van der Waals surface area contributed by atoms with Gasteiger partial charge in [0.2, 0.25) is 41.4 Å². The van der Waals surface area contributed by atoms with Crippen molar-refractivity contribution in [1.82, 2.24) is 41.8 Å². The molecule has 7 amide bonds. The molecule has 2 aromatic rings. The fraction of sp³-hybridized carbons (Fsp3) is 0.644. The zero-order valence-electron chi connectivity index (χ0n) is 38.5. The van der Waals surface area contributed by atoms with Crippen LogP contribution in [0.5, 0.6) is 0 Å². The average molecular weight is 973 g/mol. The topological polar surface area (TPSA) is 320 Å². The third kappa shape index (κ3) is 14.1. The highest BCUT2D eigenvalue weighted by Crippen LogP contribution is 2.48. The summed E-state index contributed by atoms with van der Waals surface area (Å²) in [5.41, 5.74) is 13.2. The summed E-state index contributed by atoms with van der Waals surface area (Å²) in [6.07, 6.45) is 5.80. The van der Waals surface area contributed by atoms with E-state index in [1.165, 1.54) is 33.4 Å². The Morgan fingerprint density at radius 1 is 0.896 bits per heavy atom. The normalized spacial score (nSPS) is 26.3. The van der Waals surface area contributed by atoms with Crippen LogP contribution in [0.3, 0.4) is 0 Å². The lowest BCUT2D eigenvalue weighted by molar-refractivity contribution is -0.145. The summed E-state index contributed by atoms with van der Waals surface area (Å²) in [4.78, 5) is 115. The number of aliphatic carboxylic acids is 1. The van der Waals surface area contributed by atoms with Gasteiger partial charge in [-0.25, -0.2) is 4.79 Å². The number of rotatable bonds is 13. The molecule has 5 rings (SSSR count). The van der Waals surface area contributed by atoms with E-state index in [0.29, 0.717) is 32.1 Å². The van der Waals surface area contributed by atoms with Crippen LogP contribution in [0.25, 0.3) is 10.9 Å². The molecule has 20 nitrogen and oxygen atoms in total. The Bertz CT molecular complexity index is 2080. The van der Waals surface area contributed by atoms with Gasteiger partial charge in [0.25, 0.3) is 0 Å². The van der Waals surface area contributed by atoms with E-state index in [1.54, 1.807) is 13.1 Å². The van der Waals surface area contributed by atoms with Crippen molar-refractivity contribution >= 4 is 79.8 Å². The SMILES string of the molecule is CCC(C)[C@@H]1NC(=O)[C@@H](Cc2c[nH]c3ccccc23)NC(=O)CC2(CCCCC2)SSC[C@@H](C(=O)N2CCC[C@H]2C(=O)N[C@@H](CCCN)C(=O)O)NC(=O)[C@H](CN)NC(=O)[C@H](C(C)O)NC1=O. The minimum absolute atomic E-state index is 0.0171. The molecular weight excluding hydrogens is 905 g/mol. The molecule has 67 heavy (non-hydrogen) atoms. The van der Waals surface area contributed by atoms with E-state index in [2.05, 4.69) is 36.9 Å². The first-order valence-electron chi connectivity index (χ1n) is 23.3.